The molecule has 27 heavy (non-hydrogen) atoms. The van der Waals surface area contributed by atoms with Gasteiger partial charge in [-0.05, 0) is 18.6 Å². The molecule has 3 fully saturated rings. The van der Waals surface area contributed by atoms with E-state index in [9.17, 15) is 13.2 Å². The van der Waals surface area contributed by atoms with Gasteiger partial charge in [-0.2, -0.15) is 4.31 Å². The van der Waals surface area contributed by atoms with Crippen LogP contribution in [-0.4, -0.2) is 91.7 Å². The van der Waals surface area contributed by atoms with Crippen molar-refractivity contribution in [2.75, 3.05) is 51.7 Å². The highest BCUT2D eigenvalue weighted by Crippen LogP contribution is 2.37. The van der Waals surface area contributed by atoms with E-state index in [0.29, 0.717) is 51.4 Å². The molecule has 3 heterocycles. The number of amides is 1. The van der Waals surface area contributed by atoms with Crippen LogP contribution in [0.25, 0.3) is 0 Å². The summed E-state index contributed by atoms with van der Waals surface area (Å²) in [6.07, 6.45) is 0.616. The van der Waals surface area contributed by atoms with E-state index in [1.165, 1.54) is 0 Å². The van der Waals surface area contributed by atoms with Gasteiger partial charge in [0.05, 0.1) is 30.5 Å². The molecule has 0 bridgehead atoms. The lowest BCUT2D eigenvalue weighted by Crippen LogP contribution is -2.81. The third-order valence-electron chi connectivity index (χ3n) is 5.86. The summed E-state index contributed by atoms with van der Waals surface area (Å²) in [4.78, 5) is 17.3. The molecular weight excluding hydrogens is 366 g/mol. The highest BCUT2D eigenvalue weighted by Gasteiger charge is 2.57. The lowest BCUT2D eigenvalue weighted by molar-refractivity contribution is -0.141. The molecule has 1 spiro atoms. The molecule has 0 unspecified atom stereocenters. The van der Waals surface area contributed by atoms with Gasteiger partial charge < -0.3 is 9.64 Å². The summed E-state index contributed by atoms with van der Waals surface area (Å²) in [6.45, 7) is 6.03. The zero-order valence-electron chi connectivity index (χ0n) is 15.7. The summed E-state index contributed by atoms with van der Waals surface area (Å²) >= 11 is 0. The van der Waals surface area contributed by atoms with Crippen molar-refractivity contribution in [1.82, 2.24) is 14.1 Å². The minimum absolute atomic E-state index is 0.00932. The van der Waals surface area contributed by atoms with Crippen LogP contribution in [-0.2, 0) is 14.8 Å². The number of hydrogen-bond acceptors (Lipinski definition) is 5. The topological polar surface area (TPSA) is 70.2 Å². The first-order chi connectivity index (χ1) is 13.0. The van der Waals surface area contributed by atoms with E-state index in [1.807, 2.05) is 42.2 Å². The molecular formula is C19H27N3O4S. The molecule has 3 aliphatic rings. The Labute approximate surface area is 160 Å². The van der Waals surface area contributed by atoms with Crippen LogP contribution in [0.2, 0.25) is 0 Å². The summed E-state index contributed by atoms with van der Waals surface area (Å²) in [5.74, 6) is 0.192. The van der Waals surface area contributed by atoms with Crippen LogP contribution in [0.1, 0.15) is 23.7 Å². The fraction of sp³-hybridized carbons (Fsp3) is 0.632. The Morgan fingerprint density at radius 1 is 1.22 bits per heavy atom. The van der Waals surface area contributed by atoms with Crippen molar-refractivity contribution < 1.29 is 17.9 Å². The van der Waals surface area contributed by atoms with E-state index in [-0.39, 0.29) is 23.2 Å². The van der Waals surface area contributed by atoms with Crippen molar-refractivity contribution >= 4 is 15.9 Å². The number of nitrogens with zero attached hydrogens (tertiary/aromatic N) is 3. The van der Waals surface area contributed by atoms with Crippen LogP contribution in [0.3, 0.4) is 0 Å². The first-order valence-corrected chi connectivity index (χ1v) is 11.2. The SMILES string of the molecule is CCCS(=O)(=O)N1CC2(CN(C(=O)c3ccccc3)C[C@@H]3COCCN32)C1. The minimum Gasteiger partial charge on any atom is -0.378 e. The van der Waals surface area contributed by atoms with Crippen LogP contribution in [0.4, 0.5) is 0 Å². The zero-order valence-corrected chi connectivity index (χ0v) is 16.5. The van der Waals surface area contributed by atoms with Crippen molar-refractivity contribution in [2.24, 2.45) is 0 Å². The molecule has 0 aliphatic carbocycles. The standard InChI is InChI=1S/C19H27N3O4S/c1-2-10-27(24,25)21-14-19(15-21)13-20(11-17-12-26-9-8-22(17)19)18(23)16-6-4-3-5-7-16/h3-7,17H,2,8-15H2,1H3/t17-/m1/s1. The second-order valence-corrected chi connectivity index (χ2v) is 9.87. The summed E-state index contributed by atoms with van der Waals surface area (Å²) in [6, 6.07) is 9.41. The highest BCUT2D eigenvalue weighted by atomic mass is 32.2. The fourth-order valence-corrected chi connectivity index (χ4v) is 6.24. The van der Waals surface area contributed by atoms with Crippen LogP contribution >= 0.6 is 0 Å². The lowest BCUT2D eigenvalue weighted by atomic mass is 9.84. The van der Waals surface area contributed by atoms with Gasteiger partial charge >= 0.3 is 0 Å². The number of morpholine rings is 1. The number of carbonyl (C=O) groups excluding carboxylic acids is 1. The van der Waals surface area contributed by atoms with E-state index < -0.39 is 10.0 Å². The predicted molar refractivity (Wildman–Crippen MR) is 102 cm³/mol. The van der Waals surface area contributed by atoms with E-state index in [0.717, 1.165) is 6.54 Å². The number of carbonyl (C=O) groups is 1. The summed E-state index contributed by atoms with van der Waals surface area (Å²) in [5, 5.41) is 0. The van der Waals surface area contributed by atoms with Crippen LogP contribution < -0.4 is 0 Å². The van der Waals surface area contributed by atoms with Crippen LogP contribution in [0.15, 0.2) is 30.3 Å². The van der Waals surface area contributed by atoms with E-state index in [4.69, 9.17) is 4.74 Å². The minimum atomic E-state index is -3.20. The summed E-state index contributed by atoms with van der Waals surface area (Å²) in [5.41, 5.74) is 0.380. The molecule has 1 aromatic carbocycles. The maximum Gasteiger partial charge on any atom is 0.253 e. The molecule has 0 N–H and O–H groups in total. The highest BCUT2D eigenvalue weighted by molar-refractivity contribution is 7.89. The number of rotatable bonds is 4. The Hall–Kier alpha value is -1.48. The van der Waals surface area contributed by atoms with Gasteiger partial charge in [0.15, 0.2) is 0 Å². The Balaban J connectivity index is 1.56. The number of sulfonamides is 1. The second kappa shape index (κ2) is 7.16. The molecule has 1 aromatic rings. The quantitative estimate of drug-likeness (QED) is 0.751. The van der Waals surface area contributed by atoms with E-state index in [2.05, 4.69) is 4.90 Å². The summed E-state index contributed by atoms with van der Waals surface area (Å²) < 4.78 is 32.1. The first kappa shape index (κ1) is 18.9. The monoisotopic (exact) mass is 393 g/mol. The van der Waals surface area contributed by atoms with Gasteiger partial charge in [-0.1, -0.05) is 25.1 Å². The third-order valence-corrected chi connectivity index (χ3v) is 7.83. The molecule has 0 radical (unpaired) electrons. The Morgan fingerprint density at radius 2 is 1.96 bits per heavy atom. The second-order valence-electron chi connectivity index (χ2n) is 7.78. The molecule has 3 aliphatic heterocycles. The molecule has 148 valence electrons. The number of ether oxygens (including phenoxy) is 1. The van der Waals surface area contributed by atoms with Crippen molar-refractivity contribution in [3.63, 3.8) is 0 Å². The Kier molecular flexibility index (Phi) is 5.00. The molecule has 8 heteroatoms. The molecule has 0 aromatic heterocycles. The predicted octanol–water partition coefficient (Wildman–Crippen LogP) is 0.637. The molecule has 3 saturated heterocycles. The van der Waals surface area contributed by atoms with E-state index in [1.54, 1.807) is 4.31 Å². The van der Waals surface area contributed by atoms with Crippen molar-refractivity contribution in [2.45, 2.75) is 24.9 Å². The third kappa shape index (κ3) is 3.40. The largest absolute Gasteiger partial charge is 0.378 e. The molecule has 7 nitrogen and oxygen atoms in total. The Bertz CT molecular complexity index is 792. The van der Waals surface area contributed by atoms with Gasteiger partial charge in [0, 0.05) is 38.3 Å². The van der Waals surface area contributed by atoms with Crippen molar-refractivity contribution in [3.05, 3.63) is 35.9 Å². The van der Waals surface area contributed by atoms with Gasteiger partial charge in [-0.25, -0.2) is 8.42 Å². The smallest absolute Gasteiger partial charge is 0.253 e. The lowest BCUT2D eigenvalue weighted by Gasteiger charge is -2.62. The van der Waals surface area contributed by atoms with E-state index >= 15 is 0 Å². The molecule has 1 atom stereocenters. The molecule has 1 amide bonds. The first-order valence-electron chi connectivity index (χ1n) is 9.62. The molecule has 4 rings (SSSR count). The number of hydrogen-bond donors (Lipinski definition) is 0. The van der Waals surface area contributed by atoms with Crippen molar-refractivity contribution in [1.29, 1.82) is 0 Å². The van der Waals surface area contributed by atoms with Crippen LogP contribution in [0, 0.1) is 0 Å². The van der Waals surface area contributed by atoms with Gasteiger partial charge in [-0.15, -0.1) is 0 Å². The van der Waals surface area contributed by atoms with Crippen LogP contribution in [0.5, 0.6) is 0 Å². The summed E-state index contributed by atoms with van der Waals surface area (Å²) in [7, 11) is -3.20. The van der Waals surface area contributed by atoms with Crippen molar-refractivity contribution in [3.8, 4) is 0 Å². The maximum absolute atomic E-state index is 13.0. The van der Waals surface area contributed by atoms with Gasteiger partial charge in [0.25, 0.3) is 5.91 Å². The fourth-order valence-electron chi connectivity index (χ4n) is 4.59. The molecule has 0 saturated carbocycles. The number of benzene rings is 1. The van der Waals surface area contributed by atoms with Gasteiger partial charge in [-0.3, -0.25) is 9.69 Å². The zero-order chi connectivity index (χ0) is 19.1. The van der Waals surface area contributed by atoms with Gasteiger partial charge in [0.1, 0.15) is 0 Å². The normalized spacial score (nSPS) is 25.8. The number of piperazine rings is 1. The maximum atomic E-state index is 13.0. The van der Waals surface area contributed by atoms with Gasteiger partial charge in [0.2, 0.25) is 10.0 Å². The number of fused-ring (bicyclic) bond motifs is 2. The Morgan fingerprint density at radius 3 is 2.67 bits per heavy atom. The average molecular weight is 394 g/mol. The average Bonchev–Trinajstić information content (AvgIpc) is 2.65.